The van der Waals surface area contributed by atoms with Gasteiger partial charge in [-0.15, -0.1) is 11.8 Å². The van der Waals surface area contributed by atoms with Gasteiger partial charge in [-0.05, 0) is 54.6 Å². The van der Waals surface area contributed by atoms with Crippen LogP contribution in [0.2, 0.25) is 5.02 Å². The number of carboxylic acid groups (broad SMARTS) is 3. The van der Waals surface area contributed by atoms with Crippen LogP contribution in [0.5, 0.6) is 0 Å². The third-order valence-electron chi connectivity index (χ3n) is 4.68. The summed E-state index contributed by atoms with van der Waals surface area (Å²) in [6, 6.07) is 13.7. The molecular weight excluding hydrogens is 512 g/mol. The SMILES string of the molecule is O=C(CSc1cccc(NC(=O)c2ccc(C(=O)O)cc2C(=O)O)c1)Nc1ccc(Cl)c(C(=O)O)c1. The Bertz CT molecular complexity index is 1390. The minimum Gasteiger partial charge on any atom is -0.478 e. The molecule has 3 aromatic carbocycles. The summed E-state index contributed by atoms with van der Waals surface area (Å²) in [5.41, 5.74) is -0.483. The normalized spacial score (nSPS) is 10.4. The molecule has 0 aromatic heterocycles. The average Bonchev–Trinajstić information content (AvgIpc) is 2.83. The minimum absolute atomic E-state index is 0.0256. The lowest BCUT2D eigenvalue weighted by Crippen LogP contribution is -2.17. The molecule has 0 saturated carbocycles. The monoisotopic (exact) mass is 528 g/mol. The molecule has 3 rings (SSSR count). The first kappa shape index (κ1) is 26.3. The Morgan fingerprint density at radius 2 is 1.42 bits per heavy atom. The number of nitrogens with one attached hydrogen (secondary N) is 2. The molecule has 0 fully saturated rings. The first-order valence-corrected chi connectivity index (χ1v) is 11.4. The maximum atomic E-state index is 12.7. The number of carbonyl (C=O) groups excluding carboxylic acids is 2. The number of rotatable bonds is 9. The summed E-state index contributed by atoms with van der Waals surface area (Å²) < 4.78 is 0. The fourth-order valence-corrected chi connectivity index (χ4v) is 3.98. The van der Waals surface area contributed by atoms with Crippen molar-refractivity contribution in [1.29, 1.82) is 0 Å². The molecule has 3 aromatic rings. The van der Waals surface area contributed by atoms with E-state index >= 15 is 0 Å². The Balaban J connectivity index is 1.66. The van der Waals surface area contributed by atoms with Crippen molar-refractivity contribution in [3.63, 3.8) is 0 Å². The molecule has 0 aliphatic heterocycles. The lowest BCUT2D eigenvalue weighted by Gasteiger charge is -2.10. The number of anilines is 2. The van der Waals surface area contributed by atoms with Gasteiger partial charge in [-0.3, -0.25) is 9.59 Å². The van der Waals surface area contributed by atoms with Crippen molar-refractivity contribution in [3.8, 4) is 0 Å². The van der Waals surface area contributed by atoms with Gasteiger partial charge >= 0.3 is 17.9 Å². The Hall–Kier alpha value is -4.35. The molecule has 0 unspecified atom stereocenters. The maximum absolute atomic E-state index is 12.7. The van der Waals surface area contributed by atoms with Gasteiger partial charge in [0, 0.05) is 16.3 Å². The molecule has 0 bridgehead atoms. The molecule has 0 heterocycles. The second kappa shape index (κ2) is 11.4. The highest BCUT2D eigenvalue weighted by Gasteiger charge is 2.19. The largest absolute Gasteiger partial charge is 0.478 e. The number of aromatic carboxylic acids is 3. The molecule has 2 amide bonds. The van der Waals surface area contributed by atoms with Gasteiger partial charge in [-0.25, -0.2) is 14.4 Å². The number of carbonyl (C=O) groups is 5. The van der Waals surface area contributed by atoms with Gasteiger partial charge in [0.05, 0.1) is 33.0 Å². The van der Waals surface area contributed by atoms with E-state index in [2.05, 4.69) is 10.6 Å². The van der Waals surface area contributed by atoms with Crippen LogP contribution < -0.4 is 10.6 Å². The van der Waals surface area contributed by atoms with Gasteiger partial charge in [0.15, 0.2) is 0 Å². The fraction of sp³-hybridized carbons (Fsp3) is 0.0417. The van der Waals surface area contributed by atoms with Gasteiger partial charge in [0.25, 0.3) is 5.91 Å². The number of hydrogen-bond acceptors (Lipinski definition) is 6. The summed E-state index contributed by atoms with van der Waals surface area (Å²) in [7, 11) is 0. The van der Waals surface area contributed by atoms with Crippen molar-refractivity contribution < 1.29 is 39.3 Å². The van der Waals surface area contributed by atoms with Crippen molar-refractivity contribution in [2.75, 3.05) is 16.4 Å². The van der Waals surface area contributed by atoms with E-state index in [1.807, 2.05) is 0 Å². The highest BCUT2D eigenvalue weighted by atomic mass is 35.5. The summed E-state index contributed by atoms with van der Waals surface area (Å²) in [6.07, 6.45) is 0. The van der Waals surface area contributed by atoms with E-state index in [0.717, 1.165) is 30.0 Å². The first-order chi connectivity index (χ1) is 17.0. The zero-order valence-electron chi connectivity index (χ0n) is 18.1. The molecule has 0 spiro atoms. The van der Waals surface area contributed by atoms with Crippen LogP contribution in [0.25, 0.3) is 0 Å². The van der Waals surface area contributed by atoms with E-state index in [1.165, 1.54) is 18.2 Å². The van der Waals surface area contributed by atoms with Crippen molar-refractivity contribution in [2.24, 2.45) is 0 Å². The Morgan fingerprint density at radius 1 is 0.722 bits per heavy atom. The fourth-order valence-electron chi connectivity index (χ4n) is 3.03. The predicted octanol–water partition coefficient (Wildman–Crippen LogP) is 4.42. The second-order valence-corrected chi connectivity index (χ2v) is 8.65. The van der Waals surface area contributed by atoms with E-state index in [1.54, 1.807) is 24.3 Å². The minimum atomic E-state index is -1.45. The summed E-state index contributed by atoms with van der Waals surface area (Å²) >= 11 is 6.97. The van der Waals surface area contributed by atoms with Crippen LogP contribution in [0.3, 0.4) is 0 Å². The number of benzene rings is 3. The van der Waals surface area contributed by atoms with Crippen LogP contribution in [0.4, 0.5) is 11.4 Å². The highest BCUT2D eigenvalue weighted by molar-refractivity contribution is 8.00. The molecule has 0 radical (unpaired) electrons. The topological polar surface area (TPSA) is 170 Å². The van der Waals surface area contributed by atoms with E-state index in [-0.39, 0.29) is 33.2 Å². The van der Waals surface area contributed by atoms with Crippen molar-refractivity contribution in [3.05, 3.63) is 87.9 Å². The standard InChI is InChI=1S/C24H17ClN2O8S/c25-19-7-5-14(10-18(19)24(34)35)26-20(28)11-36-15-3-1-2-13(9-15)27-21(29)16-6-4-12(22(30)31)8-17(16)23(32)33/h1-10H,11H2,(H,26,28)(H,27,29)(H,30,31)(H,32,33)(H,34,35). The van der Waals surface area contributed by atoms with E-state index in [4.69, 9.17) is 21.8 Å². The third kappa shape index (κ3) is 6.62. The third-order valence-corrected chi connectivity index (χ3v) is 6.01. The number of amides is 2. The van der Waals surface area contributed by atoms with Crippen LogP contribution in [0.15, 0.2) is 65.6 Å². The molecule has 0 saturated heterocycles. The number of carboxylic acids is 3. The smallest absolute Gasteiger partial charge is 0.337 e. The van der Waals surface area contributed by atoms with Gasteiger partial charge in [-0.1, -0.05) is 17.7 Å². The van der Waals surface area contributed by atoms with Crippen molar-refractivity contribution >= 4 is 64.5 Å². The highest BCUT2D eigenvalue weighted by Crippen LogP contribution is 2.24. The number of hydrogen-bond donors (Lipinski definition) is 5. The van der Waals surface area contributed by atoms with E-state index in [0.29, 0.717) is 10.6 Å². The van der Waals surface area contributed by atoms with Gasteiger partial charge < -0.3 is 26.0 Å². The van der Waals surface area contributed by atoms with Crippen LogP contribution >= 0.6 is 23.4 Å². The van der Waals surface area contributed by atoms with E-state index < -0.39 is 35.3 Å². The number of thioether (sulfide) groups is 1. The first-order valence-electron chi connectivity index (χ1n) is 10.0. The lowest BCUT2D eigenvalue weighted by molar-refractivity contribution is -0.113. The van der Waals surface area contributed by atoms with E-state index in [9.17, 15) is 29.1 Å². The van der Waals surface area contributed by atoms with Gasteiger partial charge in [-0.2, -0.15) is 0 Å². The zero-order valence-corrected chi connectivity index (χ0v) is 19.7. The summed E-state index contributed by atoms with van der Waals surface area (Å²) in [6.45, 7) is 0. The summed E-state index contributed by atoms with van der Waals surface area (Å²) in [4.78, 5) is 59.4. The van der Waals surface area contributed by atoms with Crippen LogP contribution in [-0.2, 0) is 4.79 Å². The summed E-state index contributed by atoms with van der Waals surface area (Å²) in [5.74, 6) is -5.18. The molecule has 12 heteroatoms. The van der Waals surface area contributed by atoms with Gasteiger partial charge in [0.2, 0.25) is 5.91 Å². The second-order valence-electron chi connectivity index (χ2n) is 7.19. The molecule has 36 heavy (non-hydrogen) atoms. The molecule has 0 aliphatic rings. The Morgan fingerprint density at radius 3 is 2.08 bits per heavy atom. The van der Waals surface area contributed by atoms with Crippen LogP contribution in [0, 0.1) is 0 Å². The number of halogens is 1. The maximum Gasteiger partial charge on any atom is 0.337 e. The van der Waals surface area contributed by atoms with Crippen molar-refractivity contribution in [1.82, 2.24) is 0 Å². The Labute approximate surface area is 212 Å². The molecule has 5 N–H and O–H groups in total. The molecular formula is C24H17ClN2O8S. The molecule has 10 nitrogen and oxygen atoms in total. The van der Waals surface area contributed by atoms with Crippen molar-refractivity contribution in [2.45, 2.75) is 4.90 Å². The lowest BCUT2D eigenvalue weighted by atomic mass is 10.0. The van der Waals surface area contributed by atoms with Crippen LogP contribution in [-0.4, -0.2) is 50.8 Å². The molecule has 184 valence electrons. The average molecular weight is 529 g/mol. The zero-order chi connectivity index (χ0) is 26.4. The van der Waals surface area contributed by atoms with Crippen LogP contribution in [0.1, 0.15) is 41.4 Å². The molecule has 0 atom stereocenters. The predicted molar refractivity (Wildman–Crippen MR) is 133 cm³/mol. The van der Waals surface area contributed by atoms with Gasteiger partial charge in [0.1, 0.15) is 0 Å². The quantitative estimate of drug-likeness (QED) is 0.252. The molecule has 0 aliphatic carbocycles. The Kier molecular flexibility index (Phi) is 8.30. The summed E-state index contributed by atoms with van der Waals surface area (Å²) in [5, 5.41) is 32.7.